The van der Waals surface area contributed by atoms with Crippen LogP contribution in [0.15, 0.2) is 28.7 Å². The van der Waals surface area contributed by atoms with E-state index in [0.717, 1.165) is 23.7 Å². The molecule has 4 atom stereocenters. The monoisotopic (exact) mass is 342 g/mol. The van der Waals surface area contributed by atoms with Gasteiger partial charge in [0, 0.05) is 24.3 Å². The Kier molecular flexibility index (Phi) is 6.02. The number of aliphatic hydroxyl groups excluding tert-OH is 3. The number of hydrogen-bond acceptors (Lipinski definition) is 3. The molecule has 1 aliphatic rings. The molecule has 20 heavy (non-hydrogen) atoms. The summed E-state index contributed by atoms with van der Waals surface area (Å²) < 4.78 is 1.03. The number of benzene rings is 1. The molecule has 1 aliphatic carbocycles. The van der Waals surface area contributed by atoms with E-state index in [9.17, 15) is 15.3 Å². The van der Waals surface area contributed by atoms with E-state index in [-0.39, 0.29) is 37.6 Å². The van der Waals surface area contributed by atoms with Crippen LogP contribution in [0.25, 0.3) is 0 Å². The number of aliphatic hydroxyl groups is 3. The lowest BCUT2D eigenvalue weighted by Gasteiger charge is -2.42. The minimum Gasteiger partial charge on any atom is -0.396 e. The fourth-order valence-corrected chi connectivity index (χ4v) is 3.93. The molecule has 0 aromatic heterocycles. The van der Waals surface area contributed by atoms with Crippen molar-refractivity contribution in [3.63, 3.8) is 0 Å². The zero-order valence-corrected chi connectivity index (χ0v) is 13.2. The van der Waals surface area contributed by atoms with E-state index in [1.54, 1.807) is 0 Å². The van der Waals surface area contributed by atoms with Crippen LogP contribution in [0.5, 0.6) is 0 Å². The van der Waals surface area contributed by atoms with Gasteiger partial charge >= 0.3 is 0 Å². The van der Waals surface area contributed by atoms with Gasteiger partial charge in [-0.2, -0.15) is 0 Å². The highest BCUT2D eigenvalue weighted by Gasteiger charge is 2.39. The predicted octanol–water partition coefficient (Wildman–Crippen LogP) is 2.54. The van der Waals surface area contributed by atoms with Gasteiger partial charge in [-0.25, -0.2) is 0 Å². The Morgan fingerprint density at radius 1 is 0.950 bits per heavy atom. The summed E-state index contributed by atoms with van der Waals surface area (Å²) in [5.74, 6) is 0.822. The first kappa shape index (κ1) is 16.0. The van der Waals surface area contributed by atoms with Crippen molar-refractivity contribution < 1.29 is 15.3 Å². The van der Waals surface area contributed by atoms with Crippen molar-refractivity contribution in [2.24, 2.45) is 17.8 Å². The third-order valence-electron chi connectivity index (χ3n) is 4.68. The van der Waals surface area contributed by atoms with Crippen LogP contribution in [0.1, 0.15) is 30.7 Å². The van der Waals surface area contributed by atoms with Crippen LogP contribution < -0.4 is 0 Å². The van der Waals surface area contributed by atoms with Crippen molar-refractivity contribution >= 4 is 15.9 Å². The molecule has 0 heterocycles. The van der Waals surface area contributed by atoms with Crippen molar-refractivity contribution in [2.45, 2.75) is 25.2 Å². The van der Waals surface area contributed by atoms with Gasteiger partial charge < -0.3 is 15.3 Å². The molecule has 0 spiro atoms. The molecular weight excluding hydrogens is 320 g/mol. The minimum absolute atomic E-state index is 0.113. The number of hydrogen-bond donors (Lipinski definition) is 3. The van der Waals surface area contributed by atoms with Gasteiger partial charge in [0.05, 0.1) is 0 Å². The van der Waals surface area contributed by atoms with Gasteiger partial charge in [0.2, 0.25) is 0 Å². The SMILES string of the molecule is OCC[C@@H]1CC[C@@H](CO)[C@H](c2ccc(Br)cc2)[C@H]1CO. The fourth-order valence-electron chi connectivity index (χ4n) is 3.66. The molecule has 3 nitrogen and oxygen atoms in total. The van der Waals surface area contributed by atoms with Crippen LogP contribution in [0, 0.1) is 17.8 Å². The minimum atomic E-state index is 0.113. The molecule has 0 amide bonds. The maximum atomic E-state index is 9.82. The molecule has 1 fully saturated rings. The molecule has 0 unspecified atom stereocenters. The van der Waals surface area contributed by atoms with Gasteiger partial charge in [-0.3, -0.25) is 0 Å². The summed E-state index contributed by atoms with van der Waals surface area (Å²) >= 11 is 3.44. The molecule has 1 aromatic carbocycles. The molecule has 1 aromatic rings. The molecule has 0 bridgehead atoms. The van der Waals surface area contributed by atoms with E-state index in [1.807, 2.05) is 12.1 Å². The van der Waals surface area contributed by atoms with E-state index in [1.165, 1.54) is 5.56 Å². The van der Waals surface area contributed by atoms with E-state index in [2.05, 4.69) is 28.1 Å². The Balaban J connectivity index is 2.28. The van der Waals surface area contributed by atoms with E-state index in [4.69, 9.17) is 0 Å². The Bertz CT molecular complexity index is 407. The predicted molar refractivity (Wildman–Crippen MR) is 82.5 cm³/mol. The molecule has 1 saturated carbocycles. The van der Waals surface area contributed by atoms with Gasteiger partial charge in [-0.05, 0) is 60.6 Å². The highest BCUT2D eigenvalue weighted by atomic mass is 79.9. The van der Waals surface area contributed by atoms with Crippen molar-refractivity contribution in [3.8, 4) is 0 Å². The standard InChI is InChI=1S/C16H23BrO3/c17-14-5-3-12(4-6-14)16-13(9-19)2-1-11(7-8-18)15(16)10-20/h3-6,11,13,15-16,18-20H,1-2,7-10H2/t11-,13-,15-,16-/m0/s1. The first-order valence-corrected chi connectivity index (χ1v) is 8.08. The Morgan fingerprint density at radius 2 is 1.60 bits per heavy atom. The summed E-state index contributed by atoms with van der Waals surface area (Å²) in [7, 11) is 0. The van der Waals surface area contributed by atoms with Crippen LogP contribution in [0.4, 0.5) is 0 Å². The van der Waals surface area contributed by atoms with E-state index in [0.29, 0.717) is 5.92 Å². The number of halogens is 1. The highest BCUT2D eigenvalue weighted by molar-refractivity contribution is 9.10. The topological polar surface area (TPSA) is 60.7 Å². The quantitative estimate of drug-likeness (QED) is 0.770. The Morgan fingerprint density at radius 3 is 2.15 bits per heavy atom. The lowest BCUT2D eigenvalue weighted by Crippen LogP contribution is -2.37. The molecule has 2 rings (SSSR count). The second-order valence-electron chi connectivity index (χ2n) is 5.72. The van der Waals surface area contributed by atoms with Crippen LogP contribution in [-0.2, 0) is 0 Å². The zero-order valence-electron chi connectivity index (χ0n) is 11.6. The smallest absolute Gasteiger partial charge is 0.0467 e. The molecule has 0 radical (unpaired) electrons. The lowest BCUT2D eigenvalue weighted by atomic mass is 9.64. The summed E-state index contributed by atoms with van der Waals surface area (Å²) in [4.78, 5) is 0. The van der Waals surface area contributed by atoms with E-state index < -0.39 is 0 Å². The number of rotatable bonds is 5. The van der Waals surface area contributed by atoms with Gasteiger partial charge in [0.1, 0.15) is 0 Å². The third kappa shape index (κ3) is 3.42. The zero-order chi connectivity index (χ0) is 14.5. The average molecular weight is 343 g/mol. The lowest BCUT2D eigenvalue weighted by molar-refractivity contribution is 0.0425. The van der Waals surface area contributed by atoms with Crippen molar-refractivity contribution in [1.82, 2.24) is 0 Å². The maximum absolute atomic E-state index is 9.82. The summed E-state index contributed by atoms with van der Waals surface area (Å²) in [5, 5.41) is 28.7. The third-order valence-corrected chi connectivity index (χ3v) is 5.21. The van der Waals surface area contributed by atoms with Crippen LogP contribution in [0.2, 0.25) is 0 Å². The fraction of sp³-hybridized carbons (Fsp3) is 0.625. The first-order valence-electron chi connectivity index (χ1n) is 7.29. The van der Waals surface area contributed by atoms with Crippen molar-refractivity contribution in [3.05, 3.63) is 34.3 Å². The largest absolute Gasteiger partial charge is 0.396 e. The molecule has 4 heteroatoms. The normalized spacial score (nSPS) is 30.4. The summed E-state index contributed by atoms with van der Waals surface area (Å²) in [6.07, 6.45) is 2.67. The first-order chi connectivity index (χ1) is 9.71. The van der Waals surface area contributed by atoms with Gasteiger partial charge in [-0.15, -0.1) is 0 Å². The molecule has 112 valence electrons. The molecule has 0 aliphatic heterocycles. The summed E-state index contributed by atoms with van der Waals surface area (Å²) in [6, 6.07) is 8.16. The second kappa shape index (κ2) is 7.55. The molecular formula is C16H23BrO3. The molecule has 0 saturated heterocycles. The average Bonchev–Trinajstić information content (AvgIpc) is 2.48. The Hall–Kier alpha value is -0.420. The Labute approximate surface area is 128 Å². The van der Waals surface area contributed by atoms with Gasteiger partial charge in [0.15, 0.2) is 0 Å². The van der Waals surface area contributed by atoms with Crippen LogP contribution >= 0.6 is 15.9 Å². The summed E-state index contributed by atoms with van der Waals surface area (Å²) in [6.45, 7) is 0.434. The van der Waals surface area contributed by atoms with Crippen molar-refractivity contribution in [2.75, 3.05) is 19.8 Å². The van der Waals surface area contributed by atoms with Crippen LogP contribution in [-0.4, -0.2) is 35.1 Å². The van der Waals surface area contributed by atoms with Gasteiger partial charge in [0.25, 0.3) is 0 Å². The van der Waals surface area contributed by atoms with Crippen molar-refractivity contribution in [1.29, 1.82) is 0 Å². The van der Waals surface area contributed by atoms with Crippen LogP contribution in [0.3, 0.4) is 0 Å². The second-order valence-corrected chi connectivity index (χ2v) is 6.63. The maximum Gasteiger partial charge on any atom is 0.0467 e. The highest BCUT2D eigenvalue weighted by Crippen LogP contribution is 2.45. The summed E-state index contributed by atoms with van der Waals surface area (Å²) in [5.41, 5.74) is 1.17. The van der Waals surface area contributed by atoms with Gasteiger partial charge in [-0.1, -0.05) is 28.1 Å². The van der Waals surface area contributed by atoms with E-state index >= 15 is 0 Å². The molecule has 3 N–H and O–H groups in total.